The molecule has 3 nitrogen and oxygen atoms in total. The highest BCUT2D eigenvalue weighted by Crippen LogP contribution is 2.26. The van der Waals surface area contributed by atoms with E-state index in [0.717, 1.165) is 11.1 Å². The van der Waals surface area contributed by atoms with E-state index in [4.69, 9.17) is 10.5 Å². The van der Waals surface area contributed by atoms with Crippen LogP contribution in [0.4, 0.5) is 0 Å². The first kappa shape index (κ1) is 7.86. The van der Waals surface area contributed by atoms with Gasteiger partial charge in [0.05, 0.1) is 6.26 Å². The van der Waals surface area contributed by atoms with Crippen molar-refractivity contribution in [2.24, 2.45) is 5.73 Å². The van der Waals surface area contributed by atoms with E-state index in [1.807, 2.05) is 30.3 Å². The molecule has 0 saturated carbocycles. The van der Waals surface area contributed by atoms with Gasteiger partial charge < -0.3 is 10.5 Å². The Morgan fingerprint density at radius 3 is 2.92 bits per heavy atom. The first-order valence-electron chi connectivity index (χ1n) is 3.99. The SMILES string of the molecule is NC(=O)C1OC=Cc2ccccc21. The molecule has 66 valence electrons. The molecule has 0 aromatic heterocycles. The summed E-state index contributed by atoms with van der Waals surface area (Å²) in [7, 11) is 0. The second-order valence-electron chi connectivity index (χ2n) is 2.85. The Balaban J connectivity index is 2.49. The van der Waals surface area contributed by atoms with Gasteiger partial charge in [0.2, 0.25) is 6.10 Å². The fourth-order valence-electron chi connectivity index (χ4n) is 1.39. The van der Waals surface area contributed by atoms with Gasteiger partial charge in [-0.05, 0) is 11.6 Å². The summed E-state index contributed by atoms with van der Waals surface area (Å²) in [6.45, 7) is 0. The van der Waals surface area contributed by atoms with Crippen LogP contribution in [-0.4, -0.2) is 5.91 Å². The summed E-state index contributed by atoms with van der Waals surface area (Å²) in [5.74, 6) is -0.461. The van der Waals surface area contributed by atoms with E-state index >= 15 is 0 Å². The lowest BCUT2D eigenvalue weighted by Gasteiger charge is -2.19. The van der Waals surface area contributed by atoms with Gasteiger partial charge in [-0.3, -0.25) is 4.79 Å². The van der Waals surface area contributed by atoms with E-state index in [9.17, 15) is 4.79 Å². The molecule has 1 amide bonds. The lowest BCUT2D eigenvalue weighted by atomic mass is 10.0. The molecule has 3 heteroatoms. The number of benzene rings is 1. The van der Waals surface area contributed by atoms with Crippen LogP contribution in [0.5, 0.6) is 0 Å². The van der Waals surface area contributed by atoms with Crippen molar-refractivity contribution in [3.8, 4) is 0 Å². The van der Waals surface area contributed by atoms with Gasteiger partial charge in [0.15, 0.2) is 0 Å². The lowest BCUT2D eigenvalue weighted by Crippen LogP contribution is -2.24. The summed E-state index contributed by atoms with van der Waals surface area (Å²) in [5, 5.41) is 0. The molecule has 1 aromatic rings. The number of nitrogens with two attached hydrogens (primary N) is 1. The Morgan fingerprint density at radius 2 is 2.15 bits per heavy atom. The lowest BCUT2D eigenvalue weighted by molar-refractivity contribution is -0.126. The van der Waals surface area contributed by atoms with Gasteiger partial charge in [0.25, 0.3) is 5.91 Å². The second-order valence-corrected chi connectivity index (χ2v) is 2.85. The van der Waals surface area contributed by atoms with E-state index in [2.05, 4.69) is 0 Å². The molecule has 2 rings (SSSR count). The average molecular weight is 175 g/mol. The molecule has 0 bridgehead atoms. The summed E-state index contributed by atoms with van der Waals surface area (Å²) in [5.41, 5.74) is 7.00. The molecule has 0 aliphatic carbocycles. The van der Waals surface area contributed by atoms with Crippen LogP contribution in [0.1, 0.15) is 17.2 Å². The summed E-state index contributed by atoms with van der Waals surface area (Å²) in [6.07, 6.45) is 2.67. The zero-order valence-corrected chi connectivity index (χ0v) is 6.94. The van der Waals surface area contributed by atoms with E-state index < -0.39 is 12.0 Å². The number of rotatable bonds is 1. The largest absolute Gasteiger partial charge is 0.483 e. The second kappa shape index (κ2) is 2.94. The minimum atomic E-state index is -0.638. The van der Waals surface area contributed by atoms with Crippen LogP contribution in [-0.2, 0) is 9.53 Å². The molecular weight excluding hydrogens is 166 g/mol. The van der Waals surface area contributed by atoms with Crippen molar-refractivity contribution in [2.75, 3.05) is 0 Å². The average Bonchev–Trinajstić information content (AvgIpc) is 2.17. The molecular formula is C10H9NO2. The highest BCUT2D eigenvalue weighted by Gasteiger charge is 2.22. The van der Waals surface area contributed by atoms with Gasteiger partial charge in [0.1, 0.15) is 0 Å². The predicted molar refractivity (Wildman–Crippen MR) is 48.5 cm³/mol. The van der Waals surface area contributed by atoms with Crippen LogP contribution in [0, 0.1) is 0 Å². The molecule has 0 fully saturated rings. The van der Waals surface area contributed by atoms with Crippen LogP contribution < -0.4 is 5.73 Å². The van der Waals surface area contributed by atoms with E-state index in [0.29, 0.717) is 0 Å². The third-order valence-electron chi connectivity index (χ3n) is 2.00. The van der Waals surface area contributed by atoms with Gasteiger partial charge in [-0.25, -0.2) is 0 Å². The maximum Gasteiger partial charge on any atom is 0.263 e. The molecule has 2 N–H and O–H groups in total. The molecule has 0 saturated heterocycles. The quantitative estimate of drug-likeness (QED) is 0.697. The number of carbonyl (C=O) groups excluding carboxylic acids is 1. The summed E-state index contributed by atoms with van der Waals surface area (Å²) >= 11 is 0. The van der Waals surface area contributed by atoms with Crippen molar-refractivity contribution in [3.63, 3.8) is 0 Å². The Hall–Kier alpha value is -1.77. The molecule has 0 radical (unpaired) electrons. The van der Waals surface area contributed by atoms with E-state index in [1.165, 1.54) is 6.26 Å². The number of hydrogen-bond acceptors (Lipinski definition) is 2. The zero-order chi connectivity index (χ0) is 9.26. The van der Waals surface area contributed by atoms with E-state index in [1.54, 1.807) is 0 Å². The monoisotopic (exact) mass is 175 g/mol. The maximum atomic E-state index is 11.0. The van der Waals surface area contributed by atoms with Crippen molar-refractivity contribution < 1.29 is 9.53 Å². The summed E-state index contributed by atoms with van der Waals surface area (Å²) in [6, 6.07) is 7.53. The van der Waals surface area contributed by atoms with Gasteiger partial charge in [0, 0.05) is 5.56 Å². The number of fused-ring (bicyclic) bond motifs is 1. The van der Waals surface area contributed by atoms with Crippen LogP contribution in [0.15, 0.2) is 30.5 Å². The first-order chi connectivity index (χ1) is 6.29. The summed E-state index contributed by atoms with van der Waals surface area (Å²) in [4.78, 5) is 11.0. The fraction of sp³-hybridized carbons (Fsp3) is 0.100. The van der Waals surface area contributed by atoms with Crippen molar-refractivity contribution in [1.29, 1.82) is 0 Å². The Kier molecular flexibility index (Phi) is 1.77. The molecule has 1 unspecified atom stereocenters. The smallest absolute Gasteiger partial charge is 0.263 e. The number of primary amides is 1. The van der Waals surface area contributed by atoms with Crippen LogP contribution in [0.3, 0.4) is 0 Å². The first-order valence-corrected chi connectivity index (χ1v) is 3.99. The van der Waals surface area contributed by atoms with Crippen molar-refractivity contribution >= 4 is 12.0 Å². The van der Waals surface area contributed by atoms with Gasteiger partial charge in [-0.1, -0.05) is 24.3 Å². The fourth-order valence-corrected chi connectivity index (χ4v) is 1.39. The predicted octanol–water partition coefficient (Wildman–Crippen LogP) is 1.21. The van der Waals surface area contributed by atoms with Gasteiger partial charge >= 0.3 is 0 Å². The Morgan fingerprint density at radius 1 is 1.38 bits per heavy atom. The number of amides is 1. The van der Waals surface area contributed by atoms with Crippen molar-refractivity contribution in [2.45, 2.75) is 6.10 Å². The molecule has 1 aromatic carbocycles. The summed E-state index contributed by atoms with van der Waals surface area (Å²) < 4.78 is 5.11. The third kappa shape index (κ3) is 1.28. The van der Waals surface area contributed by atoms with Crippen molar-refractivity contribution in [1.82, 2.24) is 0 Å². The van der Waals surface area contributed by atoms with E-state index in [-0.39, 0.29) is 0 Å². The normalized spacial score (nSPS) is 18.9. The maximum absolute atomic E-state index is 11.0. The molecule has 0 spiro atoms. The van der Waals surface area contributed by atoms with Gasteiger partial charge in [-0.2, -0.15) is 0 Å². The minimum absolute atomic E-state index is 0.461. The van der Waals surface area contributed by atoms with Crippen LogP contribution >= 0.6 is 0 Å². The Labute approximate surface area is 75.8 Å². The topological polar surface area (TPSA) is 52.3 Å². The minimum Gasteiger partial charge on any atom is -0.483 e. The standard InChI is InChI=1S/C10H9NO2/c11-10(12)9-8-4-2-1-3-7(8)5-6-13-9/h1-6,9H,(H2,11,12). The molecule has 1 atom stereocenters. The highest BCUT2D eigenvalue weighted by molar-refractivity contribution is 5.82. The highest BCUT2D eigenvalue weighted by atomic mass is 16.5. The third-order valence-corrected chi connectivity index (χ3v) is 2.00. The number of hydrogen-bond donors (Lipinski definition) is 1. The molecule has 1 aliphatic heterocycles. The number of ether oxygens (including phenoxy) is 1. The van der Waals surface area contributed by atoms with Crippen LogP contribution in [0.2, 0.25) is 0 Å². The van der Waals surface area contributed by atoms with Crippen LogP contribution in [0.25, 0.3) is 6.08 Å². The Bertz CT molecular complexity index is 371. The zero-order valence-electron chi connectivity index (χ0n) is 6.94. The molecule has 1 aliphatic rings. The molecule has 1 heterocycles. The number of carbonyl (C=O) groups is 1. The molecule has 13 heavy (non-hydrogen) atoms. The van der Waals surface area contributed by atoms with Gasteiger partial charge in [-0.15, -0.1) is 0 Å². The van der Waals surface area contributed by atoms with Crippen molar-refractivity contribution in [3.05, 3.63) is 41.7 Å².